The van der Waals surface area contributed by atoms with Crippen molar-refractivity contribution < 1.29 is 4.74 Å². The first-order valence-corrected chi connectivity index (χ1v) is 7.00. The second kappa shape index (κ2) is 5.93. The third-order valence-electron chi connectivity index (χ3n) is 3.24. The number of benzene rings is 1. The van der Waals surface area contributed by atoms with Crippen LogP contribution in [0.25, 0.3) is 0 Å². The summed E-state index contributed by atoms with van der Waals surface area (Å²) >= 11 is 0. The number of aromatic nitrogens is 2. The van der Waals surface area contributed by atoms with Gasteiger partial charge in [0.2, 0.25) is 11.9 Å². The fraction of sp³-hybridized carbons (Fsp3) is 0.250. The number of hydrogen-bond donors (Lipinski definition) is 1. The standard InChI is InChI=1S/C16H17N5O/c1-10-8-11(2)19-16(18-10)21-15-17-9-13(20-15)12-6-4-5-7-14(12)22-3/h4-8H,9H2,1-3H3,(H,17,18,19,21). The number of para-hydroxylation sites is 1. The van der Waals surface area contributed by atoms with Crippen LogP contribution in [-0.4, -0.2) is 35.3 Å². The fourth-order valence-electron chi connectivity index (χ4n) is 2.33. The van der Waals surface area contributed by atoms with Gasteiger partial charge in [-0.2, -0.15) is 0 Å². The Hall–Kier alpha value is -2.76. The topological polar surface area (TPSA) is 71.8 Å². The minimum Gasteiger partial charge on any atom is -0.496 e. The highest BCUT2D eigenvalue weighted by molar-refractivity contribution is 6.15. The van der Waals surface area contributed by atoms with Gasteiger partial charge in [-0.15, -0.1) is 0 Å². The highest BCUT2D eigenvalue weighted by Crippen LogP contribution is 2.20. The lowest BCUT2D eigenvalue weighted by atomic mass is 10.1. The Balaban J connectivity index is 1.81. The summed E-state index contributed by atoms with van der Waals surface area (Å²) in [5.41, 5.74) is 3.63. The Morgan fingerprint density at radius 3 is 2.55 bits per heavy atom. The van der Waals surface area contributed by atoms with Gasteiger partial charge in [-0.05, 0) is 32.0 Å². The molecule has 0 bridgehead atoms. The third-order valence-corrected chi connectivity index (χ3v) is 3.24. The lowest BCUT2D eigenvalue weighted by Gasteiger charge is -2.06. The molecule has 0 atom stereocenters. The van der Waals surface area contributed by atoms with Crippen molar-refractivity contribution in [3.63, 3.8) is 0 Å². The van der Waals surface area contributed by atoms with Crippen LogP contribution in [0.15, 0.2) is 40.3 Å². The van der Waals surface area contributed by atoms with E-state index in [2.05, 4.69) is 25.3 Å². The van der Waals surface area contributed by atoms with Gasteiger partial charge in [0.05, 0.1) is 19.4 Å². The van der Waals surface area contributed by atoms with Gasteiger partial charge in [0.15, 0.2) is 0 Å². The van der Waals surface area contributed by atoms with Crippen LogP contribution in [-0.2, 0) is 0 Å². The van der Waals surface area contributed by atoms with E-state index in [9.17, 15) is 0 Å². The lowest BCUT2D eigenvalue weighted by Crippen LogP contribution is -2.11. The average Bonchev–Trinajstić information content (AvgIpc) is 2.94. The Labute approximate surface area is 129 Å². The van der Waals surface area contributed by atoms with Crippen molar-refractivity contribution >= 4 is 17.6 Å². The molecule has 0 fully saturated rings. The normalized spacial score (nSPS) is 13.6. The van der Waals surface area contributed by atoms with Gasteiger partial charge in [-0.1, -0.05) is 12.1 Å². The number of methoxy groups -OCH3 is 1. The van der Waals surface area contributed by atoms with Gasteiger partial charge < -0.3 is 4.74 Å². The van der Waals surface area contributed by atoms with Gasteiger partial charge in [0.25, 0.3) is 0 Å². The highest BCUT2D eigenvalue weighted by atomic mass is 16.5. The van der Waals surface area contributed by atoms with E-state index >= 15 is 0 Å². The molecule has 1 aromatic heterocycles. The third kappa shape index (κ3) is 2.95. The van der Waals surface area contributed by atoms with Crippen LogP contribution in [0.2, 0.25) is 0 Å². The minimum atomic E-state index is 0.507. The number of nitrogens with one attached hydrogen (secondary N) is 1. The molecule has 0 radical (unpaired) electrons. The number of rotatable bonds is 3. The minimum absolute atomic E-state index is 0.507. The summed E-state index contributed by atoms with van der Waals surface area (Å²) in [5, 5.41) is 3.06. The van der Waals surface area contributed by atoms with Gasteiger partial charge in [0.1, 0.15) is 5.75 Å². The monoisotopic (exact) mass is 295 g/mol. The van der Waals surface area contributed by atoms with E-state index in [1.54, 1.807) is 7.11 Å². The molecule has 1 aromatic carbocycles. The summed E-state index contributed by atoms with van der Waals surface area (Å²) in [7, 11) is 1.65. The summed E-state index contributed by atoms with van der Waals surface area (Å²) in [4.78, 5) is 17.6. The van der Waals surface area contributed by atoms with Crippen LogP contribution in [0, 0.1) is 13.8 Å². The van der Waals surface area contributed by atoms with Crippen molar-refractivity contribution in [2.45, 2.75) is 13.8 Å². The maximum atomic E-state index is 5.37. The van der Waals surface area contributed by atoms with Crippen molar-refractivity contribution in [2.75, 3.05) is 19.0 Å². The number of nitrogens with zero attached hydrogens (tertiary/aromatic N) is 4. The van der Waals surface area contributed by atoms with Crippen LogP contribution in [0.1, 0.15) is 17.0 Å². The van der Waals surface area contributed by atoms with E-state index in [-0.39, 0.29) is 0 Å². The number of aliphatic imine (C=N–C) groups is 2. The molecule has 6 heteroatoms. The van der Waals surface area contributed by atoms with Gasteiger partial charge >= 0.3 is 0 Å². The molecule has 1 aliphatic heterocycles. The van der Waals surface area contributed by atoms with Crippen LogP contribution in [0.3, 0.4) is 0 Å². The molecule has 0 amide bonds. The van der Waals surface area contributed by atoms with Crippen LogP contribution < -0.4 is 10.1 Å². The molecule has 2 heterocycles. The number of anilines is 1. The van der Waals surface area contributed by atoms with Crippen LogP contribution >= 0.6 is 0 Å². The van der Waals surface area contributed by atoms with E-state index in [1.807, 2.05) is 44.2 Å². The van der Waals surface area contributed by atoms with Gasteiger partial charge in [0, 0.05) is 17.0 Å². The molecule has 3 rings (SSSR count). The first-order valence-electron chi connectivity index (χ1n) is 7.00. The molecule has 1 aliphatic rings. The van der Waals surface area contributed by atoms with E-state index in [4.69, 9.17) is 4.74 Å². The molecule has 2 aromatic rings. The molecule has 0 saturated carbocycles. The highest BCUT2D eigenvalue weighted by Gasteiger charge is 2.16. The van der Waals surface area contributed by atoms with Gasteiger partial charge in [-0.25, -0.2) is 20.0 Å². The summed E-state index contributed by atoms with van der Waals surface area (Å²) in [6.45, 7) is 4.37. The van der Waals surface area contributed by atoms with Crippen LogP contribution in [0.4, 0.5) is 5.95 Å². The summed E-state index contributed by atoms with van der Waals surface area (Å²) in [6.07, 6.45) is 0. The average molecular weight is 295 g/mol. The summed E-state index contributed by atoms with van der Waals surface area (Å²) < 4.78 is 5.37. The predicted octanol–water partition coefficient (Wildman–Crippen LogP) is 2.37. The number of aryl methyl sites for hydroxylation is 2. The maximum absolute atomic E-state index is 5.37. The largest absolute Gasteiger partial charge is 0.496 e. The molecule has 0 spiro atoms. The molecule has 22 heavy (non-hydrogen) atoms. The maximum Gasteiger partial charge on any atom is 0.230 e. The molecule has 112 valence electrons. The van der Waals surface area contributed by atoms with Gasteiger partial charge in [-0.3, -0.25) is 5.32 Å². The molecular weight excluding hydrogens is 278 g/mol. The van der Waals surface area contributed by atoms with Crippen molar-refractivity contribution in [3.8, 4) is 5.75 Å². The predicted molar refractivity (Wildman–Crippen MR) is 87.0 cm³/mol. The van der Waals surface area contributed by atoms with E-state index in [1.165, 1.54) is 0 Å². The number of guanidine groups is 1. The van der Waals surface area contributed by atoms with Crippen molar-refractivity contribution in [2.24, 2.45) is 9.98 Å². The first-order chi connectivity index (χ1) is 10.7. The molecule has 0 unspecified atom stereocenters. The Kier molecular flexibility index (Phi) is 3.82. The number of ether oxygens (including phenoxy) is 1. The molecule has 1 N–H and O–H groups in total. The second-order valence-corrected chi connectivity index (χ2v) is 5.00. The number of hydrogen-bond acceptors (Lipinski definition) is 6. The quantitative estimate of drug-likeness (QED) is 0.943. The molecule has 0 aliphatic carbocycles. The van der Waals surface area contributed by atoms with Crippen molar-refractivity contribution in [1.82, 2.24) is 9.97 Å². The zero-order valence-electron chi connectivity index (χ0n) is 12.8. The summed E-state index contributed by atoms with van der Waals surface area (Å²) in [5.74, 6) is 1.83. The lowest BCUT2D eigenvalue weighted by molar-refractivity contribution is 0.414. The zero-order chi connectivity index (χ0) is 15.5. The fourth-order valence-corrected chi connectivity index (χ4v) is 2.33. The smallest absolute Gasteiger partial charge is 0.230 e. The van der Waals surface area contributed by atoms with E-state index in [0.717, 1.165) is 28.4 Å². The molecule has 0 saturated heterocycles. The van der Waals surface area contributed by atoms with E-state index < -0.39 is 0 Å². The van der Waals surface area contributed by atoms with Crippen LogP contribution in [0.5, 0.6) is 5.75 Å². The Morgan fingerprint density at radius 1 is 1.09 bits per heavy atom. The Morgan fingerprint density at radius 2 is 1.82 bits per heavy atom. The second-order valence-electron chi connectivity index (χ2n) is 5.00. The van der Waals surface area contributed by atoms with Crippen molar-refractivity contribution in [3.05, 3.63) is 47.3 Å². The zero-order valence-corrected chi connectivity index (χ0v) is 12.8. The summed E-state index contributed by atoms with van der Waals surface area (Å²) in [6, 6.07) is 9.70. The Bertz CT molecular complexity index is 747. The SMILES string of the molecule is COc1ccccc1C1=NC(Nc2nc(C)cc(C)n2)=NC1. The molecule has 6 nitrogen and oxygen atoms in total. The molecular formula is C16H17N5O. The van der Waals surface area contributed by atoms with Crippen molar-refractivity contribution in [1.29, 1.82) is 0 Å². The first kappa shape index (κ1) is 14.2. The van der Waals surface area contributed by atoms with E-state index in [0.29, 0.717) is 18.5 Å².